The topological polar surface area (TPSA) is 71.1 Å². The van der Waals surface area contributed by atoms with E-state index in [-0.39, 0.29) is 43.0 Å². The molecule has 1 fully saturated rings. The van der Waals surface area contributed by atoms with Crippen LogP contribution in [0.4, 0.5) is 8.78 Å². The molecule has 0 saturated heterocycles. The first-order valence-electron chi connectivity index (χ1n) is 9.32. The lowest BCUT2D eigenvalue weighted by Crippen LogP contribution is -2.43. The van der Waals surface area contributed by atoms with Gasteiger partial charge in [-0.15, -0.1) is 5.54 Å². The second-order valence-corrected chi connectivity index (χ2v) is 13.1. The fourth-order valence-corrected chi connectivity index (χ4v) is 3.72. The minimum atomic E-state index is -2.13. The van der Waals surface area contributed by atoms with Crippen LogP contribution in [0.25, 0.3) is 0 Å². The molecule has 1 saturated carbocycles. The van der Waals surface area contributed by atoms with Crippen LogP contribution < -0.4 is 4.74 Å². The van der Waals surface area contributed by atoms with E-state index < -0.39 is 25.2 Å². The lowest BCUT2D eigenvalue weighted by Gasteiger charge is -2.33. The summed E-state index contributed by atoms with van der Waals surface area (Å²) in [5, 5.41) is 20.4. The molecule has 8 heteroatoms. The third-order valence-electron chi connectivity index (χ3n) is 4.82. The Morgan fingerprint density at radius 2 is 2.10 bits per heavy atom. The molecule has 0 bridgehead atoms. The van der Waals surface area contributed by atoms with Gasteiger partial charge in [0, 0.05) is 11.6 Å². The van der Waals surface area contributed by atoms with Crippen molar-refractivity contribution in [1.82, 2.24) is 9.55 Å². The van der Waals surface area contributed by atoms with Crippen LogP contribution in [0.5, 0.6) is 5.75 Å². The Balaban J connectivity index is 1.86. The lowest BCUT2D eigenvalue weighted by atomic mass is 9.86. The Labute approximate surface area is 170 Å². The summed E-state index contributed by atoms with van der Waals surface area (Å²) >= 11 is 0. The van der Waals surface area contributed by atoms with Gasteiger partial charge in [0.25, 0.3) is 0 Å². The second kappa shape index (κ2) is 7.62. The Bertz CT molecular complexity index is 1010. The Kier molecular flexibility index (Phi) is 5.53. The molecule has 2 aromatic rings. The smallest absolute Gasteiger partial charge is 0.148 e. The molecule has 1 aromatic heterocycles. The Morgan fingerprint density at radius 3 is 2.69 bits per heavy atom. The summed E-state index contributed by atoms with van der Waals surface area (Å²) in [5.74, 6) is 2.41. The molecule has 1 aliphatic rings. The molecule has 1 unspecified atom stereocenters. The van der Waals surface area contributed by atoms with Gasteiger partial charge in [-0.1, -0.05) is 25.6 Å². The predicted octanol–water partition coefficient (Wildman–Crippen LogP) is 3.54. The second-order valence-electron chi connectivity index (χ2n) is 8.33. The van der Waals surface area contributed by atoms with E-state index in [1.165, 1.54) is 29.2 Å². The van der Waals surface area contributed by atoms with Crippen molar-refractivity contribution in [2.45, 2.75) is 50.3 Å². The van der Waals surface area contributed by atoms with Gasteiger partial charge in [0.15, 0.2) is 0 Å². The number of ether oxygens (including phenoxy) is 1. The van der Waals surface area contributed by atoms with Crippen LogP contribution in [-0.2, 0) is 12.1 Å². The molecule has 1 heterocycles. The monoisotopic (exact) mass is 415 g/mol. The van der Waals surface area contributed by atoms with Gasteiger partial charge < -0.3 is 14.4 Å². The van der Waals surface area contributed by atoms with Crippen molar-refractivity contribution in [1.29, 1.82) is 5.26 Å². The highest BCUT2D eigenvalue weighted by atomic mass is 28.3. The fourth-order valence-electron chi connectivity index (χ4n) is 3.12. The first kappa shape index (κ1) is 21.0. The van der Waals surface area contributed by atoms with Gasteiger partial charge in [0.05, 0.1) is 19.1 Å². The summed E-state index contributed by atoms with van der Waals surface area (Å²) in [6.45, 7) is 6.14. The van der Waals surface area contributed by atoms with Crippen molar-refractivity contribution < 1.29 is 18.6 Å². The molecule has 1 N–H and O–H groups in total. The number of hydrogen-bond acceptors (Lipinski definition) is 4. The number of hydrogen-bond donors (Lipinski definition) is 1. The summed E-state index contributed by atoms with van der Waals surface area (Å²) in [6.07, 6.45) is 2.86. The van der Waals surface area contributed by atoms with Crippen molar-refractivity contribution in [2.24, 2.45) is 0 Å². The van der Waals surface area contributed by atoms with Gasteiger partial charge in [-0.05, 0) is 25.0 Å². The number of alkyl halides is 1. The van der Waals surface area contributed by atoms with Gasteiger partial charge >= 0.3 is 0 Å². The van der Waals surface area contributed by atoms with E-state index in [0.29, 0.717) is 0 Å². The predicted molar refractivity (Wildman–Crippen MR) is 107 cm³/mol. The Morgan fingerprint density at radius 1 is 1.38 bits per heavy atom. The number of halogens is 2. The molecular formula is C21H23F2N3O2Si. The van der Waals surface area contributed by atoms with Gasteiger partial charge in [-0.2, -0.15) is 5.26 Å². The van der Waals surface area contributed by atoms with Gasteiger partial charge in [-0.3, -0.25) is 0 Å². The van der Waals surface area contributed by atoms with Crippen molar-refractivity contribution in [3.05, 3.63) is 47.8 Å². The summed E-state index contributed by atoms with van der Waals surface area (Å²) in [6, 6.07) is 5.88. The number of imidazole rings is 1. The van der Waals surface area contributed by atoms with E-state index in [9.17, 15) is 9.50 Å². The zero-order valence-electron chi connectivity index (χ0n) is 16.7. The van der Waals surface area contributed by atoms with E-state index in [1.807, 2.05) is 6.07 Å². The highest BCUT2D eigenvalue weighted by Gasteiger charge is 2.62. The summed E-state index contributed by atoms with van der Waals surface area (Å²) in [4.78, 5) is 3.85. The highest BCUT2D eigenvalue weighted by Crippen LogP contribution is 2.54. The molecule has 5 nitrogen and oxygen atoms in total. The SMILES string of the molecule is C[Si](C)(C)C#CCOc1ccc(C(O)(Cn2cncc2C#N)C2(F)CC2)c(F)c1. The molecule has 0 amide bonds. The van der Waals surface area contributed by atoms with Crippen molar-refractivity contribution in [3.63, 3.8) is 0 Å². The van der Waals surface area contributed by atoms with Crippen LogP contribution in [0.3, 0.4) is 0 Å². The fraction of sp³-hybridized carbons (Fsp3) is 0.429. The van der Waals surface area contributed by atoms with Crippen molar-refractivity contribution in [2.75, 3.05) is 6.61 Å². The van der Waals surface area contributed by atoms with Crippen LogP contribution in [0.15, 0.2) is 30.7 Å². The van der Waals surface area contributed by atoms with Crippen LogP contribution >= 0.6 is 0 Å². The molecular weight excluding hydrogens is 392 g/mol. The Hall–Kier alpha value is -2.68. The molecule has 29 heavy (non-hydrogen) atoms. The number of aliphatic hydroxyl groups is 1. The largest absolute Gasteiger partial charge is 0.481 e. The molecule has 1 atom stereocenters. The van der Waals surface area contributed by atoms with Gasteiger partial charge in [-0.25, -0.2) is 13.8 Å². The van der Waals surface area contributed by atoms with E-state index in [4.69, 9.17) is 10.00 Å². The number of nitriles is 1. The third kappa shape index (κ3) is 4.50. The third-order valence-corrected chi connectivity index (χ3v) is 5.74. The maximum absolute atomic E-state index is 15.1. The van der Waals surface area contributed by atoms with Gasteiger partial charge in [0.1, 0.15) is 49.3 Å². The molecule has 1 aliphatic carbocycles. The highest BCUT2D eigenvalue weighted by molar-refractivity contribution is 6.83. The minimum absolute atomic E-state index is 0.115. The van der Waals surface area contributed by atoms with E-state index >= 15 is 4.39 Å². The lowest BCUT2D eigenvalue weighted by molar-refractivity contribution is -0.0722. The van der Waals surface area contributed by atoms with Crippen LogP contribution in [0, 0.1) is 28.6 Å². The first-order chi connectivity index (χ1) is 13.6. The molecule has 3 rings (SSSR count). The maximum atomic E-state index is 15.1. The molecule has 0 radical (unpaired) electrons. The van der Waals surface area contributed by atoms with Crippen LogP contribution in [0.2, 0.25) is 19.6 Å². The first-order valence-corrected chi connectivity index (χ1v) is 12.8. The van der Waals surface area contributed by atoms with Crippen molar-refractivity contribution in [3.8, 4) is 23.3 Å². The zero-order chi connectivity index (χ0) is 21.3. The average Bonchev–Trinajstić information content (AvgIpc) is 3.25. The summed E-state index contributed by atoms with van der Waals surface area (Å²) < 4.78 is 36.8. The summed E-state index contributed by atoms with van der Waals surface area (Å²) in [7, 11) is -1.51. The quantitative estimate of drug-likeness (QED) is 0.579. The molecule has 0 spiro atoms. The summed E-state index contributed by atoms with van der Waals surface area (Å²) in [5.41, 5.74) is -0.946. The zero-order valence-corrected chi connectivity index (χ0v) is 17.7. The number of rotatable bonds is 6. The van der Waals surface area contributed by atoms with Gasteiger partial charge in [0.2, 0.25) is 0 Å². The van der Waals surface area contributed by atoms with E-state index in [2.05, 4.69) is 36.1 Å². The maximum Gasteiger partial charge on any atom is 0.148 e. The standard InChI is InChI=1S/C21H23F2N3O2Si/c1-29(2,3)10-4-9-28-17-5-6-18(19(22)11-17)21(27,20(23)7-8-20)14-26-15-25-13-16(26)12-24/h5-6,11,13,15,27H,7-9,14H2,1-3H3. The average molecular weight is 416 g/mol. The normalized spacial score (nSPS) is 16.9. The van der Waals surface area contributed by atoms with Crippen molar-refractivity contribution >= 4 is 8.07 Å². The van der Waals surface area contributed by atoms with E-state index in [0.717, 1.165) is 6.07 Å². The van der Waals surface area contributed by atoms with Crippen LogP contribution in [0.1, 0.15) is 24.1 Å². The molecule has 1 aromatic carbocycles. The number of benzene rings is 1. The molecule has 0 aliphatic heterocycles. The minimum Gasteiger partial charge on any atom is -0.481 e. The number of aromatic nitrogens is 2. The van der Waals surface area contributed by atoms with E-state index in [1.54, 1.807) is 0 Å². The molecule has 152 valence electrons. The number of nitrogens with zero attached hydrogens (tertiary/aromatic N) is 3. The van der Waals surface area contributed by atoms with Crippen LogP contribution in [-0.4, -0.2) is 35.0 Å².